The molecule has 4 heterocycles. The van der Waals surface area contributed by atoms with Gasteiger partial charge in [0.05, 0.1) is 11.3 Å². The number of nitrogens with zero attached hydrogens (tertiary/aromatic N) is 2. The summed E-state index contributed by atoms with van der Waals surface area (Å²) in [5.74, 6) is -0.0625. The summed E-state index contributed by atoms with van der Waals surface area (Å²) in [6.45, 7) is 16.1. The molecule has 2 aromatic carbocycles. The summed E-state index contributed by atoms with van der Waals surface area (Å²) in [6, 6.07) is 22.6. The van der Waals surface area contributed by atoms with E-state index < -0.39 is 0 Å². The van der Waals surface area contributed by atoms with Gasteiger partial charge in [0.1, 0.15) is 4.83 Å². The van der Waals surface area contributed by atoms with Crippen molar-refractivity contribution in [2.24, 2.45) is 0 Å². The summed E-state index contributed by atoms with van der Waals surface area (Å²) >= 11 is 1.75. The number of aryl methyl sites for hydroxylation is 3. The first-order chi connectivity index (χ1) is 19.8. The standard InChI is InChI=1S/C31H27N2OS.C5H8O2.Ir/c1-17-14-21(31(4,5)6)15-18(2)27(17)26-16-20-11-13-25(33-30(20)35-26)24-9-7-8-22-23-12-10-19(3)32-29(23)34-28(22)24;1-4(6)3-5(2)7;/h7-8,10-16H,1-6H3;3,6H,1-2H3;/q-1;;/b;4-3-;. The van der Waals surface area contributed by atoms with Crippen molar-refractivity contribution in [3.05, 3.63) is 94.9 Å². The van der Waals surface area contributed by atoms with E-state index in [9.17, 15) is 4.79 Å². The molecule has 0 atom stereocenters. The summed E-state index contributed by atoms with van der Waals surface area (Å²) in [7, 11) is 0. The molecule has 6 aromatic rings. The number of allylic oxidation sites excluding steroid dienone is 2. The number of furan rings is 1. The van der Waals surface area contributed by atoms with Crippen molar-refractivity contribution in [3.8, 4) is 21.7 Å². The molecule has 6 rings (SSSR count). The van der Waals surface area contributed by atoms with Crippen molar-refractivity contribution in [3.63, 3.8) is 0 Å². The number of rotatable bonds is 3. The van der Waals surface area contributed by atoms with E-state index in [1.54, 1.807) is 11.3 Å². The molecule has 0 saturated heterocycles. The monoisotopic (exact) mass is 768 g/mol. The van der Waals surface area contributed by atoms with Crippen molar-refractivity contribution >= 4 is 49.4 Å². The average molecular weight is 768 g/mol. The van der Waals surface area contributed by atoms with Crippen LogP contribution in [0.2, 0.25) is 0 Å². The average Bonchev–Trinajstić information content (AvgIpc) is 3.47. The zero-order chi connectivity index (χ0) is 30.3. The van der Waals surface area contributed by atoms with Gasteiger partial charge >= 0.3 is 0 Å². The van der Waals surface area contributed by atoms with Crippen molar-refractivity contribution < 1.29 is 34.4 Å². The number of ketones is 1. The number of aliphatic hydroxyl groups is 1. The van der Waals surface area contributed by atoms with Crippen LogP contribution in [-0.2, 0) is 30.3 Å². The molecule has 0 amide bonds. The number of aromatic nitrogens is 2. The number of pyridine rings is 2. The van der Waals surface area contributed by atoms with Gasteiger partial charge in [0.2, 0.25) is 5.71 Å². The van der Waals surface area contributed by atoms with Gasteiger partial charge in [-0.3, -0.25) is 9.78 Å². The van der Waals surface area contributed by atoms with Crippen molar-refractivity contribution in [2.45, 2.75) is 60.8 Å². The first kappa shape index (κ1) is 32.3. The molecule has 0 spiro atoms. The van der Waals surface area contributed by atoms with E-state index in [2.05, 4.69) is 82.1 Å². The van der Waals surface area contributed by atoms with Crippen LogP contribution < -0.4 is 0 Å². The summed E-state index contributed by atoms with van der Waals surface area (Å²) < 4.78 is 6.20. The fourth-order valence-corrected chi connectivity index (χ4v) is 6.37. The van der Waals surface area contributed by atoms with Gasteiger partial charge in [0, 0.05) is 47.5 Å². The fraction of sp³-hybridized carbons (Fsp3) is 0.250. The maximum Gasteiger partial charge on any atom is 0.216 e. The normalized spacial score (nSPS) is 11.9. The van der Waals surface area contributed by atoms with Crippen LogP contribution in [0.3, 0.4) is 0 Å². The second-order valence-electron chi connectivity index (χ2n) is 11.8. The Morgan fingerprint density at radius 2 is 1.65 bits per heavy atom. The third kappa shape index (κ3) is 6.80. The molecule has 0 aliphatic heterocycles. The zero-order valence-electron chi connectivity index (χ0n) is 25.7. The Bertz CT molecular complexity index is 1980. The summed E-state index contributed by atoms with van der Waals surface area (Å²) in [5.41, 5.74) is 9.56. The molecule has 0 aliphatic carbocycles. The Kier molecular flexibility index (Phi) is 9.41. The van der Waals surface area contributed by atoms with Gasteiger partial charge in [0.25, 0.3) is 0 Å². The summed E-state index contributed by atoms with van der Waals surface area (Å²) in [5, 5.41) is 11.6. The van der Waals surface area contributed by atoms with Crippen LogP contribution in [0, 0.1) is 26.8 Å². The van der Waals surface area contributed by atoms with Crippen molar-refractivity contribution in [1.29, 1.82) is 0 Å². The first-order valence-electron chi connectivity index (χ1n) is 13.9. The number of thiophene rings is 1. The second kappa shape index (κ2) is 12.5. The van der Waals surface area contributed by atoms with Crippen LogP contribution in [0.1, 0.15) is 57.0 Å². The zero-order valence-corrected chi connectivity index (χ0v) is 28.9. The van der Waals surface area contributed by atoms with Crippen molar-refractivity contribution in [1.82, 2.24) is 9.97 Å². The number of aliphatic hydroxyl groups excluding tert-OH is 1. The Labute approximate surface area is 270 Å². The molecule has 223 valence electrons. The largest absolute Gasteiger partial charge is 0.512 e. The molecule has 5 nitrogen and oxygen atoms in total. The van der Waals surface area contributed by atoms with Gasteiger partial charge in [-0.2, -0.15) is 0 Å². The van der Waals surface area contributed by atoms with Crippen LogP contribution in [0.15, 0.2) is 70.8 Å². The quantitative estimate of drug-likeness (QED) is 0.110. The van der Waals surface area contributed by atoms with Crippen LogP contribution >= 0.6 is 11.3 Å². The molecule has 1 N–H and O–H groups in total. The third-order valence-corrected chi connectivity index (χ3v) is 8.20. The molecule has 0 bridgehead atoms. The Hall–Kier alpha value is -3.64. The summed E-state index contributed by atoms with van der Waals surface area (Å²) in [4.78, 5) is 21.9. The third-order valence-electron chi connectivity index (χ3n) is 7.13. The molecular weight excluding hydrogens is 733 g/mol. The van der Waals surface area contributed by atoms with Gasteiger partial charge in [-0.25, -0.2) is 4.98 Å². The van der Waals surface area contributed by atoms with E-state index in [4.69, 9.17) is 14.5 Å². The molecule has 0 saturated carbocycles. The van der Waals surface area contributed by atoms with Crippen LogP contribution in [0.5, 0.6) is 0 Å². The number of hydrogen-bond acceptors (Lipinski definition) is 6. The molecule has 0 unspecified atom stereocenters. The van der Waals surface area contributed by atoms with E-state index in [1.165, 1.54) is 47.1 Å². The number of hydrogen-bond donors (Lipinski definition) is 1. The number of carbonyl (C=O) groups excluding carboxylic acids is 1. The number of benzene rings is 2. The SMILES string of the molecule is CC(=O)/C=C(/C)O.Cc1ccc2c(n1)oc1c(-c3ccc4cc(-c5c(C)cc(C(C)(C)C)cc5C)sc4n3)[c-]ccc12.[Ir]. The van der Waals surface area contributed by atoms with Gasteiger partial charge in [-0.05, 0) is 86.2 Å². The molecular formula is C36H35IrN2O3S-. The predicted octanol–water partition coefficient (Wildman–Crippen LogP) is 9.98. The van der Waals surface area contributed by atoms with Crippen LogP contribution in [0.4, 0.5) is 0 Å². The van der Waals surface area contributed by atoms with E-state index in [1.807, 2.05) is 25.1 Å². The first-order valence-corrected chi connectivity index (χ1v) is 14.7. The number of fused-ring (bicyclic) bond motifs is 4. The van der Waals surface area contributed by atoms with E-state index in [0.29, 0.717) is 5.71 Å². The summed E-state index contributed by atoms with van der Waals surface area (Å²) in [6.07, 6.45) is 1.17. The van der Waals surface area contributed by atoms with E-state index in [0.717, 1.165) is 43.5 Å². The Balaban J connectivity index is 0.000000475. The van der Waals surface area contributed by atoms with Gasteiger partial charge < -0.3 is 9.52 Å². The fourth-order valence-electron chi connectivity index (χ4n) is 5.16. The minimum absolute atomic E-state index is 0. The predicted molar refractivity (Wildman–Crippen MR) is 174 cm³/mol. The smallest absolute Gasteiger partial charge is 0.216 e. The maximum atomic E-state index is 10.0. The Morgan fingerprint density at radius 1 is 0.953 bits per heavy atom. The van der Waals surface area contributed by atoms with Gasteiger partial charge in [0.15, 0.2) is 5.78 Å². The Morgan fingerprint density at radius 3 is 2.26 bits per heavy atom. The minimum atomic E-state index is -0.125. The van der Waals surface area contributed by atoms with Gasteiger partial charge in [-0.15, -0.1) is 29.5 Å². The molecule has 7 heteroatoms. The second-order valence-corrected chi connectivity index (χ2v) is 12.9. The molecule has 1 radical (unpaired) electrons. The van der Waals surface area contributed by atoms with E-state index in [-0.39, 0.29) is 37.1 Å². The van der Waals surface area contributed by atoms with Crippen LogP contribution in [0.25, 0.3) is 54.0 Å². The van der Waals surface area contributed by atoms with Gasteiger partial charge in [-0.1, -0.05) is 56.0 Å². The molecule has 4 aromatic heterocycles. The maximum absolute atomic E-state index is 10.0. The van der Waals surface area contributed by atoms with Crippen molar-refractivity contribution in [2.75, 3.05) is 0 Å². The van der Waals surface area contributed by atoms with E-state index >= 15 is 0 Å². The minimum Gasteiger partial charge on any atom is -0.512 e. The topological polar surface area (TPSA) is 76.2 Å². The molecule has 0 aliphatic rings. The number of carbonyl (C=O) groups is 1. The van der Waals surface area contributed by atoms with Crippen LogP contribution in [-0.4, -0.2) is 20.9 Å². The molecule has 0 fully saturated rings. The molecule has 43 heavy (non-hydrogen) atoms.